The number of methoxy groups -OCH3 is 3. The summed E-state index contributed by atoms with van der Waals surface area (Å²) in [5.41, 5.74) is 1.56. The molecule has 26 heavy (non-hydrogen) atoms. The van der Waals surface area contributed by atoms with Gasteiger partial charge in [0.05, 0.1) is 27.1 Å². The van der Waals surface area contributed by atoms with Crippen LogP contribution >= 0.6 is 11.8 Å². The van der Waals surface area contributed by atoms with E-state index in [1.807, 2.05) is 12.1 Å². The first kappa shape index (κ1) is 18.4. The lowest BCUT2D eigenvalue weighted by Gasteiger charge is -2.26. The van der Waals surface area contributed by atoms with Crippen LogP contribution in [-0.2, 0) is 11.3 Å². The fourth-order valence-corrected chi connectivity index (χ4v) is 4.24. The Balaban J connectivity index is 1.98. The molecule has 2 aromatic carbocycles. The minimum Gasteiger partial charge on any atom is -0.493 e. The number of amides is 1. The molecule has 0 radical (unpaired) electrons. The number of carbonyl (C=O) groups is 1. The zero-order valence-corrected chi connectivity index (χ0v) is 15.6. The van der Waals surface area contributed by atoms with E-state index in [4.69, 9.17) is 14.2 Å². The first-order chi connectivity index (χ1) is 12.6. The Kier molecular flexibility index (Phi) is 5.56. The smallest absolute Gasteiger partial charge is 0.234 e. The standard InChI is InChI=1S/C19H20FNO4S/c1-23-15-8-7-14(17(24-2)18(15)25-3)19-21(16(22)11-26-19)10-12-5-4-6-13(20)9-12/h4-9,19H,10-11H2,1-3H3. The molecule has 1 saturated heterocycles. The molecule has 0 bridgehead atoms. The van der Waals surface area contributed by atoms with Crippen molar-refractivity contribution in [2.24, 2.45) is 0 Å². The first-order valence-corrected chi connectivity index (χ1v) is 9.08. The Morgan fingerprint density at radius 3 is 2.54 bits per heavy atom. The van der Waals surface area contributed by atoms with Gasteiger partial charge in [-0.3, -0.25) is 4.79 Å². The summed E-state index contributed by atoms with van der Waals surface area (Å²) in [5.74, 6) is 1.61. The van der Waals surface area contributed by atoms with Gasteiger partial charge in [-0.15, -0.1) is 11.8 Å². The van der Waals surface area contributed by atoms with Crippen molar-refractivity contribution in [3.05, 3.63) is 53.3 Å². The topological polar surface area (TPSA) is 48.0 Å². The van der Waals surface area contributed by atoms with E-state index in [2.05, 4.69) is 0 Å². The molecular weight excluding hydrogens is 357 g/mol. The summed E-state index contributed by atoms with van der Waals surface area (Å²) in [7, 11) is 4.65. The van der Waals surface area contributed by atoms with E-state index in [9.17, 15) is 9.18 Å². The van der Waals surface area contributed by atoms with E-state index in [-0.39, 0.29) is 17.1 Å². The number of carbonyl (C=O) groups excluding carboxylic acids is 1. The third-order valence-corrected chi connectivity index (χ3v) is 5.45. The highest BCUT2D eigenvalue weighted by atomic mass is 32.2. The lowest BCUT2D eigenvalue weighted by molar-refractivity contribution is -0.128. The van der Waals surface area contributed by atoms with Gasteiger partial charge >= 0.3 is 0 Å². The fraction of sp³-hybridized carbons (Fsp3) is 0.316. The normalized spacial score (nSPS) is 16.7. The first-order valence-electron chi connectivity index (χ1n) is 8.03. The van der Waals surface area contributed by atoms with Crippen molar-refractivity contribution in [2.45, 2.75) is 11.9 Å². The molecule has 0 spiro atoms. The van der Waals surface area contributed by atoms with Crippen LogP contribution in [0.25, 0.3) is 0 Å². The van der Waals surface area contributed by atoms with Gasteiger partial charge < -0.3 is 19.1 Å². The summed E-state index contributed by atoms with van der Waals surface area (Å²) in [5, 5.41) is -0.250. The minimum absolute atomic E-state index is 0.00102. The van der Waals surface area contributed by atoms with Crippen LogP contribution in [0.1, 0.15) is 16.5 Å². The molecule has 0 saturated carbocycles. The monoisotopic (exact) mass is 377 g/mol. The molecular formula is C19H20FNO4S. The highest BCUT2D eigenvalue weighted by Crippen LogP contribution is 2.49. The molecule has 0 N–H and O–H groups in total. The van der Waals surface area contributed by atoms with Crippen molar-refractivity contribution < 1.29 is 23.4 Å². The summed E-state index contributed by atoms with van der Waals surface area (Å²) in [4.78, 5) is 14.2. The maximum Gasteiger partial charge on any atom is 0.234 e. The predicted molar refractivity (Wildman–Crippen MR) is 98.2 cm³/mol. The largest absolute Gasteiger partial charge is 0.493 e. The Bertz CT molecular complexity index is 814. The van der Waals surface area contributed by atoms with Gasteiger partial charge in [-0.25, -0.2) is 4.39 Å². The number of hydrogen-bond donors (Lipinski definition) is 0. The zero-order chi connectivity index (χ0) is 18.7. The summed E-state index contributed by atoms with van der Waals surface area (Å²) < 4.78 is 29.8. The van der Waals surface area contributed by atoms with E-state index in [0.717, 1.165) is 11.1 Å². The molecule has 1 heterocycles. The van der Waals surface area contributed by atoms with Gasteiger partial charge in [-0.1, -0.05) is 12.1 Å². The minimum atomic E-state index is -0.318. The van der Waals surface area contributed by atoms with Crippen LogP contribution in [0.15, 0.2) is 36.4 Å². The van der Waals surface area contributed by atoms with E-state index in [1.54, 1.807) is 38.4 Å². The van der Waals surface area contributed by atoms with E-state index in [0.29, 0.717) is 29.5 Å². The molecule has 3 rings (SSSR count). The van der Waals surface area contributed by atoms with Crippen LogP contribution in [-0.4, -0.2) is 37.9 Å². The van der Waals surface area contributed by atoms with E-state index in [1.165, 1.54) is 23.9 Å². The maximum atomic E-state index is 13.5. The van der Waals surface area contributed by atoms with E-state index < -0.39 is 0 Å². The number of ether oxygens (including phenoxy) is 3. The van der Waals surface area contributed by atoms with Gasteiger partial charge in [0, 0.05) is 12.1 Å². The van der Waals surface area contributed by atoms with Crippen molar-refractivity contribution in [2.75, 3.05) is 27.1 Å². The van der Waals surface area contributed by atoms with Crippen LogP contribution in [0.5, 0.6) is 17.2 Å². The van der Waals surface area contributed by atoms with Crippen molar-refractivity contribution in [3.8, 4) is 17.2 Å². The fourth-order valence-electron chi connectivity index (χ4n) is 3.03. The van der Waals surface area contributed by atoms with Crippen molar-refractivity contribution in [1.29, 1.82) is 0 Å². The maximum absolute atomic E-state index is 13.5. The van der Waals surface area contributed by atoms with Crippen LogP contribution in [0, 0.1) is 5.82 Å². The Morgan fingerprint density at radius 2 is 1.88 bits per heavy atom. The van der Waals surface area contributed by atoms with E-state index >= 15 is 0 Å². The van der Waals surface area contributed by atoms with Gasteiger partial charge in [0.2, 0.25) is 11.7 Å². The quantitative estimate of drug-likeness (QED) is 0.769. The van der Waals surface area contributed by atoms with Crippen LogP contribution in [0.3, 0.4) is 0 Å². The molecule has 0 aromatic heterocycles. The molecule has 0 aliphatic carbocycles. The number of thioether (sulfide) groups is 1. The average Bonchev–Trinajstić information content (AvgIpc) is 3.00. The molecule has 1 unspecified atom stereocenters. The lowest BCUT2D eigenvalue weighted by atomic mass is 10.1. The molecule has 138 valence electrons. The molecule has 2 aromatic rings. The summed E-state index contributed by atoms with van der Waals surface area (Å²) in [6.45, 7) is 0.325. The number of nitrogens with zero attached hydrogens (tertiary/aromatic N) is 1. The van der Waals surface area contributed by atoms with Crippen molar-refractivity contribution in [1.82, 2.24) is 4.90 Å². The Hall–Kier alpha value is -2.41. The van der Waals surface area contributed by atoms with Gasteiger partial charge in [0.25, 0.3) is 0 Å². The molecule has 5 nitrogen and oxygen atoms in total. The molecule has 1 aliphatic heterocycles. The lowest BCUT2D eigenvalue weighted by Crippen LogP contribution is -2.28. The second-order valence-electron chi connectivity index (χ2n) is 5.74. The third kappa shape index (κ3) is 3.44. The van der Waals surface area contributed by atoms with Gasteiger partial charge in [0.15, 0.2) is 11.5 Å². The van der Waals surface area contributed by atoms with Crippen molar-refractivity contribution in [3.63, 3.8) is 0 Å². The highest BCUT2D eigenvalue weighted by molar-refractivity contribution is 8.00. The molecule has 1 amide bonds. The second-order valence-corrected chi connectivity index (χ2v) is 6.81. The SMILES string of the molecule is COc1ccc(C2SCC(=O)N2Cc2cccc(F)c2)c(OC)c1OC. The zero-order valence-electron chi connectivity index (χ0n) is 14.8. The Labute approximate surface area is 156 Å². The molecule has 1 fully saturated rings. The summed E-state index contributed by atoms with van der Waals surface area (Å²) in [6, 6.07) is 9.94. The summed E-state index contributed by atoms with van der Waals surface area (Å²) in [6.07, 6.45) is 0. The third-order valence-electron chi connectivity index (χ3n) is 4.21. The molecule has 7 heteroatoms. The highest BCUT2D eigenvalue weighted by Gasteiger charge is 2.36. The predicted octanol–water partition coefficient (Wildman–Crippen LogP) is 3.63. The number of hydrogen-bond acceptors (Lipinski definition) is 5. The number of rotatable bonds is 6. The van der Waals surface area contributed by atoms with Crippen LogP contribution in [0.2, 0.25) is 0 Å². The van der Waals surface area contributed by atoms with Gasteiger partial charge in [-0.2, -0.15) is 0 Å². The molecule has 1 atom stereocenters. The Morgan fingerprint density at radius 1 is 1.12 bits per heavy atom. The average molecular weight is 377 g/mol. The number of benzene rings is 2. The van der Waals surface area contributed by atoms with Crippen LogP contribution in [0.4, 0.5) is 4.39 Å². The van der Waals surface area contributed by atoms with Crippen LogP contribution < -0.4 is 14.2 Å². The second kappa shape index (κ2) is 7.86. The van der Waals surface area contributed by atoms with Gasteiger partial charge in [0.1, 0.15) is 11.2 Å². The summed E-state index contributed by atoms with van der Waals surface area (Å²) >= 11 is 1.50. The number of halogens is 1. The van der Waals surface area contributed by atoms with Crippen molar-refractivity contribution >= 4 is 17.7 Å². The molecule has 1 aliphatic rings. The van der Waals surface area contributed by atoms with Gasteiger partial charge in [-0.05, 0) is 29.8 Å².